The molecule has 19 heavy (non-hydrogen) atoms. The first-order valence-corrected chi connectivity index (χ1v) is 6.83. The second-order valence-electron chi connectivity index (χ2n) is 4.01. The molecule has 0 bridgehead atoms. The first-order valence-electron chi connectivity index (χ1n) is 5.88. The average molecular weight is 271 g/mol. The summed E-state index contributed by atoms with van der Waals surface area (Å²) in [6.07, 6.45) is 3.76. The van der Waals surface area contributed by atoms with Crippen molar-refractivity contribution in [2.45, 2.75) is 13.0 Å². The van der Waals surface area contributed by atoms with Gasteiger partial charge in [0.25, 0.3) is 5.91 Å². The molecular weight excluding hydrogens is 258 g/mol. The van der Waals surface area contributed by atoms with E-state index >= 15 is 0 Å². The maximum Gasteiger partial charge on any atom is 0.255 e. The van der Waals surface area contributed by atoms with Gasteiger partial charge < -0.3 is 4.90 Å². The largest absolute Gasteiger partial charge is 0.333 e. The summed E-state index contributed by atoms with van der Waals surface area (Å²) in [5, 5.41) is 12.4. The lowest BCUT2D eigenvalue weighted by molar-refractivity contribution is 0.0747. The molecule has 5 heteroatoms. The minimum absolute atomic E-state index is 0.0413. The van der Waals surface area contributed by atoms with Crippen molar-refractivity contribution in [1.29, 1.82) is 5.26 Å². The molecule has 0 radical (unpaired) electrons. The zero-order valence-corrected chi connectivity index (χ0v) is 11.1. The van der Waals surface area contributed by atoms with Crippen molar-refractivity contribution in [3.63, 3.8) is 0 Å². The number of nitrogens with zero attached hydrogens (tertiary/aromatic N) is 3. The number of hydrogen-bond donors (Lipinski definition) is 0. The van der Waals surface area contributed by atoms with E-state index in [1.165, 1.54) is 11.3 Å². The van der Waals surface area contributed by atoms with Crippen molar-refractivity contribution in [3.05, 3.63) is 52.5 Å². The Labute approximate surface area is 115 Å². The molecule has 2 rings (SSSR count). The highest BCUT2D eigenvalue weighted by atomic mass is 32.1. The van der Waals surface area contributed by atoms with Gasteiger partial charge in [-0.15, -0.1) is 0 Å². The molecule has 4 nitrogen and oxygen atoms in total. The zero-order valence-electron chi connectivity index (χ0n) is 10.3. The van der Waals surface area contributed by atoms with Crippen LogP contribution in [0.1, 0.15) is 22.3 Å². The Morgan fingerprint density at radius 3 is 3.00 bits per heavy atom. The van der Waals surface area contributed by atoms with Crippen LogP contribution in [0.4, 0.5) is 0 Å². The van der Waals surface area contributed by atoms with Crippen LogP contribution < -0.4 is 0 Å². The molecule has 0 aromatic carbocycles. The Balaban J connectivity index is 2.12. The van der Waals surface area contributed by atoms with Gasteiger partial charge in [-0.25, -0.2) is 0 Å². The number of aromatic nitrogens is 1. The molecule has 0 fully saturated rings. The molecule has 0 atom stereocenters. The minimum Gasteiger partial charge on any atom is -0.333 e. The molecule has 0 spiro atoms. The topological polar surface area (TPSA) is 57.0 Å². The van der Waals surface area contributed by atoms with E-state index in [1.807, 2.05) is 22.9 Å². The van der Waals surface area contributed by atoms with E-state index in [0.717, 1.165) is 5.56 Å². The van der Waals surface area contributed by atoms with Crippen molar-refractivity contribution < 1.29 is 4.79 Å². The molecule has 0 aliphatic carbocycles. The second kappa shape index (κ2) is 6.66. The predicted octanol–water partition coefficient (Wildman–Crippen LogP) is 2.70. The van der Waals surface area contributed by atoms with Crippen LogP contribution in [0.3, 0.4) is 0 Å². The third-order valence-corrected chi connectivity index (χ3v) is 3.33. The molecule has 0 unspecified atom stereocenters. The highest BCUT2D eigenvalue weighted by Gasteiger charge is 2.16. The van der Waals surface area contributed by atoms with Gasteiger partial charge in [-0.1, -0.05) is 6.07 Å². The minimum atomic E-state index is -0.0413. The molecule has 2 aromatic heterocycles. The summed E-state index contributed by atoms with van der Waals surface area (Å²) < 4.78 is 0. The van der Waals surface area contributed by atoms with Crippen LogP contribution >= 0.6 is 11.3 Å². The van der Waals surface area contributed by atoms with E-state index in [0.29, 0.717) is 25.1 Å². The molecule has 0 aliphatic heterocycles. The third-order valence-electron chi connectivity index (χ3n) is 2.65. The van der Waals surface area contributed by atoms with E-state index in [2.05, 4.69) is 11.1 Å². The standard InChI is InChI=1S/C14H13N3OS/c15-5-2-7-17(10-12-3-1-6-16-9-12)14(18)13-4-8-19-11-13/h1,3-4,6,8-9,11H,2,7,10H2. The van der Waals surface area contributed by atoms with Crippen molar-refractivity contribution in [1.82, 2.24) is 9.88 Å². The number of hydrogen-bond acceptors (Lipinski definition) is 4. The summed E-state index contributed by atoms with van der Waals surface area (Å²) in [4.78, 5) is 18.0. The summed E-state index contributed by atoms with van der Waals surface area (Å²) in [7, 11) is 0. The van der Waals surface area contributed by atoms with E-state index < -0.39 is 0 Å². The van der Waals surface area contributed by atoms with Gasteiger partial charge >= 0.3 is 0 Å². The van der Waals surface area contributed by atoms with Crippen molar-refractivity contribution >= 4 is 17.2 Å². The number of thiophene rings is 1. The first kappa shape index (κ1) is 13.2. The van der Waals surface area contributed by atoms with Gasteiger partial charge in [0.05, 0.1) is 18.1 Å². The Kier molecular flexibility index (Phi) is 4.65. The molecular formula is C14H13N3OS. The summed E-state index contributed by atoms with van der Waals surface area (Å²) in [6.45, 7) is 0.907. The number of carbonyl (C=O) groups is 1. The smallest absolute Gasteiger partial charge is 0.255 e. The lowest BCUT2D eigenvalue weighted by Gasteiger charge is -2.21. The number of nitriles is 1. The van der Waals surface area contributed by atoms with E-state index in [-0.39, 0.29) is 5.91 Å². The van der Waals surface area contributed by atoms with Gasteiger partial charge in [0.1, 0.15) is 0 Å². The Hall–Kier alpha value is -2.19. The maximum atomic E-state index is 12.3. The fourth-order valence-corrected chi connectivity index (χ4v) is 2.35. The summed E-state index contributed by atoms with van der Waals surface area (Å²) in [6, 6.07) is 7.64. The number of rotatable bonds is 5. The quantitative estimate of drug-likeness (QED) is 0.840. The predicted molar refractivity (Wildman–Crippen MR) is 73.5 cm³/mol. The molecule has 96 valence electrons. The maximum absolute atomic E-state index is 12.3. The molecule has 0 aliphatic rings. The number of amides is 1. The summed E-state index contributed by atoms with van der Waals surface area (Å²) >= 11 is 1.49. The Morgan fingerprint density at radius 2 is 2.37 bits per heavy atom. The second-order valence-corrected chi connectivity index (χ2v) is 4.79. The van der Waals surface area contributed by atoms with Gasteiger partial charge in [0, 0.05) is 30.9 Å². The highest BCUT2D eigenvalue weighted by Crippen LogP contribution is 2.12. The third kappa shape index (κ3) is 3.63. The molecule has 0 saturated carbocycles. The summed E-state index contributed by atoms with van der Waals surface area (Å²) in [5.41, 5.74) is 1.64. The lowest BCUT2D eigenvalue weighted by atomic mass is 10.2. The molecule has 2 heterocycles. The van der Waals surface area contributed by atoms with Crippen LogP contribution in [-0.2, 0) is 6.54 Å². The van der Waals surface area contributed by atoms with E-state index in [4.69, 9.17) is 5.26 Å². The fraction of sp³-hybridized carbons (Fsp3) is 0.214. The van der Waals surface area contributed by atoms with Crippen molar-refractivity contribution in [2.75, 3.05) is 6.54 Å². The molecule has 2 aromatic rings. The Bertz CT molecular complexity index is 560. The van der Waals surface area contributed by atoms with Crippen LogP contribution in [0, 0.1) is 11.3 Å². The first-order chi connectivity index (χ1) is 9.31. The van der Waals surface area contributed by atoms with E-state index in [1.54, 1.807) is 23.4 Å². The van der Waals surface area contributed by atoms with E-state index in [9.17, 15) is 4.79 Å². The SMILES string of the molecule is N#CCCN(Cc1cccnc1)C(=O)c1ccsc1. The van der Waals surface area contributed by atoms with Gasteiger partial charge in [0.2, 0.25) is 0 Å². The van der Waals surface area contributed by atoms with Gasteiger partial charge in [-0.3, -0.25) is 9.78 Å². The van der Waals surface area contributed by atoms with Crippen LogP contribution in [0.15, 0.2) is 41.4 Å². The van der Waals surface area contributed by atoms with Gasteiger partial charge in [-0.2, -0.15) is 16.6 Å². The normalized spacial score (nSPS) is 9.84. The highest BCUT2D eigenvalue weighted by molar-refractivity contribution is 7.08. The lowest BCUT2D eigenvalue weighted by Crippen LogP contribution is -2.31. The summed E-state index contributed by atoms with van der Waals surface area (Å²) in [5.74, 6) is -0.0413. The monoisotopic (exact) mass is 271 g/mol. The molecule has 0 saturated heterocycles. The van der Waals surface area contributed by atoms with Crippen LogP contribution in [-0.4, -0.2) is 22.3 Å². The zero-order chi connectivity index (χ0) is 13.5. The van der Waals surface area contributed by atoms with Gasteiger partial charge in [0.15, 0.2) is 0 Å². The molecule has 0 N–H and O–H groups in total. The number of pyridine rings is 1. The van der Waals surface area contributed by atoms with Crippen LogP contribution in [0.5, 0.6) is 0 Å². The van der Waals surface area contributed by atoms with Crippen molar-refractivity contribution in [3.8, 4) is 6.07 Å². The average Bonchev–Trinajstić information content (AvgIpc) is 2.98. The molecule has 1 amide bonds. The Morgan fingerprint density at radius 1 is 1.47 bits per heavy atom. The van der Waals surface area contributed by atoms with Crippen LogP contribution in [0.25, 0.3) is 0 Å². The van der Waals surface area contributed by atoms with Crippen LogP contribution in [0.2, 0.25) is 0 Å². The fourth-order valence-electron chi connectivity index (χ4n) is 1.72. The van der Waals surface area contributed by atoms with Crippen molar-refractivity contribution in [2.24, 2.45) is 0 Å². The van der Waals surface area contributed by atoms with Gasteiger partial charge in [-0.05, 0) is 23.1 Å². The number of carbonyl (C=O) groups excluding carboxylic acids is 1.